The van der Waals surface area contributed by atoms with E-state index in [0.29, 0.717) is 6.54 Å². The predicted octanol–water partition coefficient (Wildman–Crippen LogP) is 1.31. The molecule has 2 atom stereocenters. The summed E-state index contributed by atoms with van der Waals surface area (Å²) >= 11 is 1.62. The third-order valence-corrected chi connectivity index (χ3v) is 3.21. The highest BCUT2D eigenvalue weighted by atomic mass is 32.2. The van der Waals surface area contributed by atoms with Crippen molar-refractivity contribution in [2.24, 2.45) is 0 Å². The highest BCUT2D eigenvalue weighted by Crippen LogP contribution is 2.07. The maximum atomic E-state index is 11.6. The molecule has 0 radical (unpaired) electrons. The molecule has 0 spiro atoms. The third kappa shape index (κ3) is 9.61. The van der Waals surface area contributed by atoms with Crippen LogP contribution in [0.5, 0.6) is 0 Å². The summed E-state index contributed by atoms with van der Waals surface area (Å²) in [7, 11) is 0. The molecule has 2 amide bonds. The minimum atomic E-state index is -1.11. The first kappa shape index (κ1) is 18.0. The lowest BCUT2D eigenvalue weighted by Crippen LogP contribution is -2.50. The normalized spacial score (nSPS) is 14.6. The van der Waals surface area contributed by atoms with E-state index in [1.54, 1.807) is 11.8 Å². The van der Waals surface area contributed by atoms with Gasteiger partial charge in [-0.25, -0.2) is 9.59 Å². The average molecular weight is 292 g/mol. The van der Waals surface area contributed by atoms with Crippen LogP contribution in [-0.4, -0.2) is 53.4 Å². The van der Waals surface area contributed by atoms with Gasteiger partial charge in [0.2, 0.25) is 0 Å². The molecule has 0 saturated carbocycles. The number of urea groups is 1. The zero-order chi connectivity index (χ0) is 15.1. The van der Waals surface area contributed by atoms with E-state index in [1.165, 1.54) is 0 Å². The number of amides is 2. The molecule has 1 unspecified atom stereocenters. The van der Waals surface area contributed by atoms with Crippen LogP contribution in [0, 0.1) is 0 Å². The molecule has 112 valence electrons. The molecule has 0 rings (SSSR count). The van der Waals surface area contributed by atoms with Crippen LogP contribution in [0.2, 0.25) is 0 Å². The van der Waals surface area contributed by atoms with E-state index in [0.717, 1.165) is 0 Å². The van der Waals surface area contributed by atoms with Gasteiger partial charge in [0.05, 0.1) is 12.2 Å². The number of carbonyl (C=O) groups is 2. The Hall–Kier alpha value is -0.950. The molecule has 0 aliphatic heterocycles. The Kier molecular flexibility index (Phi) is 7.85. The number of hydrogen-bond acceptors (Lipinski definition) is 4. The highest BCUT2D eigenvalue weighted by Gasteiger charge is 2.23. The van der Waals surface area contributed by atoms with Crippen molar-refractivity contribution in [3.8, 4) is 0 Å². The zero-order valence-corrected chi connectivity index (χ0v) is 13.0. The maximum absolute atomic E-state index is 11.6. The largest absolute Gasteiger partial charge is 0.480 e. The van der Waals surface area contributed by atoms with Crippen LogP contribution in [0.4, 0.5) is 4.79 Å². The Morgan fingerprint density at radius 1 is 1.37 bits per heavy atom. The van der Waals surface area contributed by atoms with Crippen molar-refractivity contribution in [1.82, 2.24) is 10.6 Å². The van der Waals surface area contributed by atoms with Crippen molar-refractivity contribution in [2.75, 3.05) is 19.4 Å². The molecule has 0 bridgehead atoms. The van der Waals surface area contributed by atoms with Gasteiger partial charge in [-0.15, -0.1) is 0 Å². The number of hydrogen-bond donors (Lipinski definition) is 3. The lowest BCUT2D eigenvalue weighted by Gasteiger charge is -2.23. The molecular weight excluding hydrogens is 268 g/mol. The molecule has 0 aromatic carbocycles. The summed E-state index contributed by atoms with van der Waals surface area (Å²) in [4.78, 5) is 22.6. The number of ether oxygens (including phenoxy) is 1. The molecule has 7 heteroatoms. The SMILES string of the molecule is CSC(C)CNC(=O)N[C@@H](COC(C)(C)C)C(=O)O. The smallest absolute Gasteiger partial charge is 0.328 e. The Morgan fingerprint density at radius 3 is 2.37 bits per heavy atom. The van der Waals surface area contributed by atoms with E-state index in [-0.39, 0.29) is 11.9 Å². The van der Waals surface area contributed by atoms with Crippen LogP contribution in [0.3, 0.4) is 0 Å². The van der Waals surface area contributed by atoms with E-state index in [4.69, 9.17) is 9.84 Å². The number of thioether (sulfide) groups is 1. The number of carboxylic acid groups (broad SMARTS) is 1. The van der Waals surface area contributed by atoms with Gasteiger partial charge in [-0.3, -0.25) is 0 Å². The Bertz CT molecular complexity index is 305. The fraction of sp³-hybridized carbons (Fsp3) is 0.833. The van der Waals surface area contributed by atoms with Gasteiger partial charge < -0.3 is 20.5 Å². The second-order valence-electron chi connectivity index (χ2n) is 5.21. The Morgan fingerprint density at radius 2 is 1.95 bits per heavy atom. The number of carboxylic acids is 1. The quantitative estimate of drug-likeness (QED) is 0.658. The number of nitrogens with one attached hydrogen (secondary N) is 2. The van der Waals surface area contributed by atoms with E-state index in [2.05, 4.69) is 10.6 Å². The molecule has 0 aromatic rings. The van der Waals surface area contributed by atoms with Crippen molar-refractivity contribution in [3.63, 3.8) is 0 Å². The summed E-state index contributed by atoms with van der Waals surface area (Å²) in [6, 6.07) is -1.55. The lowest BCUT2D eigenvalue weighted by molar-refractivity contribution is -0.142. The Balaban J connectivity index is 4.20. The fourth-order valence-corrected chi connectivity index (χ4v) is 1.29. The molecule has 0 heterocycles. The van der Waals surface area contributed by atoms with Gasteiger partial charge in [-0.2, -0.15) is 11.8 Å². The zero-order valence-electron chi connectivity index (χ0n) is 12.1. The lowest BCUT2D eigenvalue weighted by atomic mass is 10.2. The van der Waals surface area contributed by atoms with Gasteiger partial charge in [0.25, 0.3) is 0 Å². The summed E-state index contributed by atoms with van der Waals surface area (Å²) in [5.74, 6) is -1.11. The topological polar surface area (TPSA) is 87.7 Å². The summed E-state index contributed by atoms with van der Waals surface area (Å²) in [6.07, 6.45) is 1.95. The van der Waals surface area contributed by atoms with Gasteiger partial charge in [0.1, 0.15) is 0 Å². The second kappa shape index (κ2) is 8.27. The highest BCUT2D eigenvalue weighted by molar-refractivity contribution is 7.99. The second-order valence-corrected chi connectivity index (χ2v) is 6.49. The molecule has 0 aliphatic carbocycles. The van der Waals surface area contributed by atoms with Gasteiger partial charge >= 0.3 is 12.0 Å². The molecule has 19 heavy (non-hydrogen) atoms. The number of aliphatic carboxylic acids is 1. The van der Waals surface area contributed by atoms with Crippen LogP contribution in [0.25, 0.3) is 0 Å². The van der Waals surface area contributed by atoms with E-state index >= 15 is 0 Å². The van der Waals surface area contributed by atoms with Crippen molar-refractivity contribution >= 4 is 23.8 Å². The Labute approximate surface area is 118 Å². The predicted molar refractivity (Wildman–Crippen MR) is 76.6 cm³/mol. The summed E-state index contributed by atoms with van der Waals surface area (Å²) in [5, 5.41) is 14.3. The summed E-state index contributed by atoms with van der Waals surface area (Å²) in [5.41, 5.74) is -0.445. The monoisotopic (exact) mass is 292 g/mol. The molecule has 3 N–H and O–H groups in total. The molecule has 0 fully saturated rings. The van der Waals surface area contributed by atoms with Crippen LogP contribution in [0.15, 0.2) is 0 Å². The van der Waals surface area contributed by atoms with Gasteiger partial charge in [0.15, 0.2) is 6.04 Å². The molecule has 0 saturated heterocycles. The molecule has 0 aromatic heterocycles. The molecule has 0 aliphatic rings. The van der Waals surface area contributed by atoms with E-state index < -0.39 is 23.6 Å². The van der Waals surface area contributed by atoms with Crippen LogP contribution < -0.4 is 10.6 Å². The summed E-state index contributed by atoms with van der Waals surface area (Å²) < 4.78 is 5.37. The summed E-state index contributed by atoms with van der Waals surface area (Å²) in [6.45, 7) is 7.87. The van der Waals surface area contributed by atoms with Crippen molar-refractivity contribution < 1.29 is 19.4 Å². The number of carbonyl (C=O) groups excluding carboxylic acids is 1. The maximum Gasteiger partial charge on any atom is 0.328 e. The minimum Gasteiger partial charge on any atom is -0.480 e. The van der Waals surface area contributed by atoms with Crippen LogP contribution >= 0.6 is 11.8 Å². The molecule has 6 nitrogen and oxygen atoms in total. The van der Waals surface area contributed by atoms with Crippen LogP contribution in [0.1, 0.15) is 27.7 Å². The van der Waals surface area contributed by atoms with Crippen molar-refractivity contribution in [1.29, 1.82) is 0 Å². The first-order valence-corrected chi connectivity index (χ1v) is 7.38. The van der Waals surface area contributed by atoms with Crippen molar-refractivity contribution in [2.45, 2.75) is 44.6 Å². The fourth-order valence-electron chi connectivity index (χ4n) is 1.04. The first-order chi connectivity index (χ1) is 8.65. The van der Waals surface area contributed by atoms with Crippen LogP contribution in [-0.2, 0) is 9.53 Å². The van der Waals surface area contributed by atoms with Gasteiger partial charge in [0, 0.05) is 11.8 Å². The third-order valence-electron chi connectivity index (χ3n) is 2.24. The van der Waals surface area contributed by atoms with Crippen molar-refractivity contribution in [3.05, 3.63) is 0 Å². The van der Waals surface area contributed by atoms with Gasteiger partial charge in [-0.1, -0.05) is 6.92 Å². The van der Waals surface area contributed by atoms with E-state index in [9.17, 15) is 9.59 Å². The number of rotatable bonds is 7. The first-order valence-electron chi connectivity index (χ1n) is 6.09. The minimum absolute atomic E-state index is 0.0651. The standard InChI is InChI=1S/C12H24N2O4S/c1-8(19-5)6-13-11(17)14-9(10(15)16)7-18-12(2,3)4/h8-9H,6-7H2,1-5H3,(H,15,16)(H2,13,14,17)/t8?,9-/m0/s1. The van der Waals surface area contributed by atoms with E-state index in [1.807, 2.05) is 34.0 Å². The van der Waals surface area contributed by atoms with Gasteiger partial charge in [-0.05, 0) is 27.0 Å². The molecular formula is C12H24N2O4S. The average Bonchev–Trinajstić information content (AvgIpc) is 2.29.